The van der Waals surface area contributed by atoms with Crippen LogP contribution < -0.4 is 0 Å². The van der Waals surface area contributed by atoms with Gasteiger partial charge in [0.1, 0.15) is 5.03 Å². The molecule has 0 spiro atoms. The average Bonchev–Trinajstić information content (AvgIpc) is 2.77. The predicted molar refractivity (Wildman–Crippen MR) is 110 cm³/mol. The van der Waals surface area contributed by atoms with Crippen LogP contribution in [0.15, 0.2) is 90.1 Å². The number of carbonyl (C=O) groups excluding carboxylic acids is 1. The maximum absolute atomic E-state index is 13.5. The molecule has 0 amide bonds. The third-order valence-electron chi connectivity index (χ3n) is 4.69. The van der Waals surface area contributed by atoms with Crippen LogP contribution in [-0.2, 0) is 26.8 Å². The van der Waals surface area contributed by atoms with E-state index in [2.05, 4.69) is 4.98 Å². The van der Waals surface area contributed by atoms with Crippen molar-refractivity contribution in [2.75, 3.05) is 7.11 Å². The minimum atomic E-state index is -1.39. The molecule has 1 unspecified atom stereocenters. The van der Waals surface area contributed by atoms with E-state index in [9.17, 15) is 9.00 Å². The molecule has 1 aromatic heterocycles. The lowest BCUT2D eigenvalue weighted by Crippen LogP contribution is -2.29. The van der Waals surface area contributed by atoms with Gasteiger partial charge in [0.15, 0.2) is 0 Å². The molecule has 1 heterocycles. The summed E-state index contributed by atoms with van der Waals surface area (Å²) in [5, 5.41) is 0.202. The van der Waals surface area contributed by atoms with E-state index < -0.39 is 10.8 Å². The molecule has 4 nitrogen and oxygen atoms in total. The number of nitrogens with zero attached hydrogens (tertiary/aromatic N) is 1. The Kier molecular flexibility index (Phi) is 7.09. The van der Waals surface area contributed by atoms with Crippen molar-refractivity contribution in [2.24, 2.45) is 0 Å². The molecule has 5 heteroatoms. The van der Waals surface area contributed by atoms with E-state index in [4.69, 9.17) is 4.74 Å². The number of pyridine rings is 1. The fourth-order valence-corrected chi connectivity index (χ4v) is 4.85. The number of esters is 1. The van der Waals surface area contributed by atoms with Crippen LogP contribution in [0.5, 0.6) is 0 Å². The van der Waals surface area contributed by atoms with Gasteiger partial charge < -0.3 is 4.74 Å². The van der Waals surface area contributed by atoms with Crippen molar-refractivity contribution >= 4 is 16.8 Å². The van der Waals surface area contributed by atoms with Gasteiger partial charge in [-0.3, -0.25) is 9.00 Å². The number of methoxy groups -OCH3 is 1. The predicted octanol–water partition coefficient (Wildman–Crippen LogP) is 4.15. The highest BCUT2D eigenvalue weighted by Crippen LogP contribution is 2.32. The molecule has 28 heavy (non-hydrogen) atoms. The molecular formula is C23H23NO3S. The van der Waals surface area contributed by atoms with E-state index in [-0.39, 0.29) is 23.6 Å². The smallest absolute Gasteiger partial charge is 0.306 e. The SMILES string of the molecule is COC(=O)C[C@@H](c1ccccc1)[C@@H](Cc1ccccc1)S(=O)c1ccccn1. The number of hydrogen-bond donors (Lipinski definition) is 0. The molecule has 0 bridgehead atoms. The fourth-order valence-electron chi connectivity index (χ4n) is 3.26. The van der Waals surface area contributed by atoms with Crippen LogP contribution >= 0.6 is 0 Å². The third-order valence-corrected chi connectivity index (χ3v) is 6.39. The van der Waals surface area contributed by atoms with Gasteiger partial charge in [0, 0.05) is 12.1 Å². The molecule has 0 saturated heterocycles. The number of hydrogen-bond acceptors (Lipinski definition) is 4. The Hall–Kier alpha value is -2.79. The molecule has 0 radical (unpaired) electrons. The molecule has 0 saturated carbocycles. The lowest BCUT2D eigenvalue weighted by Gasteiger charge is -2.26. The van der Waals surface area contributed by atoms with Crippen LogP contribution in [0.1, 0.15) is 23.5 Å². The van der Waals surface area contributed by atoms with Gasteiger partial charge in [0.2, 0.25) is 0 Å². The van der Waals surface area contributed by atoms with Crippen molar-refractivity contribution in [3.63, 3.8) is 0 Å². The van der Waals surface area contributed by atoms with E-state index >= 15 is 0 Å². The molecule has 0 aliphatic carbocycles. The summed E-state index contributed by atoms with van der Waals surface area (Å²) in [6.07, 6.45) is 2.38. The largest absolute Gasteiger partial charge is 0.469 e. The van der Waals surface area contributed by atoms with Crippen molar-refractivity contribution in [1.29, 1.82) is 0 Å². The number of aromatic nitrogens is 1. The Balaban J connectivity index is 2.02. The second kappa shape index (κ2) is 9.95. The summed E-state index contributed by atoms with van der Waals surface area (Å²) in [5.41, 5.74) is 2.04. The molecule has 0 N–H and O–H groups in total. The monoisotopic (exact) mass is 393 g/mol. The van der Waals surface area contributed by atoms with Crippen LogP contribution in [0.4, 0.5) is 0 Å². The normalized spacial score (nSPS) is 14.0. The highest BCUT2D eigenvalue weighted by Gasteiger charge is 2.32. The first-order chi connectivity index (χ1) is 13.7. The maximum Gasteiger partial charge on any atom is 0.306 e. The zero-order valence-electron chi connectivity index (χ0n) is 15.7. The van der Waals surface area contributed by atoms with E-state index in [0.717, 1.165) is 11.1 Å². The van der Waals surface area contributed by atoms with Gasteiger partial charge in [-0.2, -0.15) is 0 Å². The first kappa shape index (κ1) is 20.0. The summed E-state index contributed by atoms with van der Waals surface area (Å²) in [6, 6.07) is 25.1. The molecule has 3 rings (SSSR count). The van der Waals surface area contributed by atoms with Crippen LogP contribution in [-0.4, -0.2) is 27.5 Å². The Morgan fingerprint density at radius 2 is 1.61 bits per heavy atom. The first-order valence-corrected chi connectivity index (χ1v) is 10.4. The van der Waals surface area contributed by atoms with Crippen LogP contribution in [0.25, 0.3) is 0 Å². The molecule has 0 aliphatic heterocycles. The number of rotatable bonds is 8. The topological polar surface area (TPSA) is 56.3 Å². The summed E-state index contributed by atoms with van der Waals surface area (Å²) in [5.74, 6) is -0.568. The van der Waals surface area contributed by atoms with E-state index in [1.165, 1.54) is 7.11 Å². The Morgan fingerprint density at radius 3 is 2.21 bits per heavy atom. The zero-order chi connectivity index (χ0) is 19.8. The zero-order valence-corrected chi connectivity index (χ0v) is 16.5. The van der Waals surface area contributed by atoms with Gasteiger partial charge in [-0.05, 0) is 29.7 Å². The van der Waals surface area contributed by atoms with Crippen molar-refractivity contribution < 1.29 is 13.7 Å². The highest BCUT2D eigenvalue weighted by molar-refractivity contribution is 7.85. The summed E-state index contributed by atoms with van der Waals surface area (Å²) in [7, 11) is -0.00829. The van der Waals surface area contributed by atoms with Gasteiger partial charge in [-0.15, -0.1) is 0 Å². The van der Waals surface area contributed by atoms with Crippen molar-refractivity contribution in [2.45, 2.75) is 29.0 Å². The molecule has 144 valence electrons. The maximum atomic E-state index is 13.5. The molecule has 0 fully saturated rings. The lowest BCUT2D eigenvalue weighted by atomic mass is 9.89. The van der Waals surface area contributed by atoms with Gasteiger partial charge in [0.05, 0.1) is 29.6 Å². The van der Waals surface area contributed by atoms with Crippen molar-refractivity contribution in [1.82, 2.24) is 4.98 Å². The minimum Gasteiger partial charge on any atom is -0.469 e. The minimum absolute atomic E-state index is 0.163. The number of ether oxygens (including phenoxy) is 1. The van der Waals surface area contributed by atoms with Crippen LogP contribution in [0, 0.1) is 0 Å². The summed E-state index contributed by atoms with van der Waals surface area (Å²) in [6.45, 7) is 0. The first-order valence-electron chi connectivity index (χ1n) is 9.16. The van der Waals surface area contributed by atoms with Crippen LogP contribution in [0.3, 0.4) is 0 Å². The number of carbonyl (C=O) groups is 1. The second-order valence-electron chi connectivity index (χ2n) is 6.49. The molecule has 0 aliphatic rings. The Morgan fingerprint density at radius 1 is 0.964 bits per heavy atom. The van der Waals surface area contributed by atoms with Crippen molar-refractivity contribution in [3.8, 4) is 0 Å². The summed E-state index contributed by atoms with van der Waals surface area (Å²) in [4.78, 5) is 16.5. The Labute approximate surface area is 168 Å². The standard InChI is InChI=1S/C23H23NO3S/c1-27-23(25)17-20(19-12-6-3-7-13-19)21(16-18-10-4-2-5-11-18)28(26)22-14-8-9-15-24-22/h2-15,20-21H,16-17H2,1H3/t20-,21+,28?/m0/s1. The van der Waals surface area contributed by atoms with Gasteiger partial charge in [0.25, 0.3) is 0 Å². The van der Waals surface area contributed by atoms with Gasteiger partial charge in [-0.25, -0.2) is 4.98 Å². The van der Waals surface area contributed by atoms with E-state index in [1.54, 1.807) is 18.3 Å². The summed E-state index contributed by atoms with van der Waals surface area (Å²) >= 11 is 0. The third kappa shape index (κ3) is 5.14. The van der Waals surface area contributed by atoms with Gasteiger partial charge in [-0.1, -0.05) is 66.7 Å². The van der Waals surface area contributed by atoms with E-state index in [0.29, 0.717) is 11.4 Å². The fraction of sp³-hybridized carbons (Fsp3) is 0.217. The quantitative estimate of drug-likeness (QED) is 0.540. The van der Waals surface area contributed by atoms with Crippen LogP contribution in [0.2, 0.25) is 0 Å². The molecule has 3 aromatic rings. The summed E-state index contributed by atoms with van der Waals surface area (Å²) < 4.78 is 18.5. The van der Waals surface area contributed by atoms with E-state index in [1.807, 2.05) is 66.7 Å². The molecule has 3 atom stereocenters. The number of benzene rings is 2. The molecule has 2 aromatic carbocycles. The van der Waals surface area contributed by atoms with Crippen molar-refractivity contribution in [3.05, 3.63) is 96.2 Å². The second-order valence-corrected chi connectivity index (χ2v) is 8.11. The van der Waals surface area contributed by atoms with Gasteiger partial charge >= 0.3 is 5.97 Å². The average molecular weight is 394 g/mol. The Bertz CT molecular complexity index is 901. The molecular weight excluding hydrogens is 370 g/mol. The highest BCUT2D eigenvalue weighted by atomic mass is 32.2. The lowest BCUT2D eigenvalue weighted by molar-refractivity contribution is -0.141.